The summed E-state index contributed by atoms with van der Waals surface area (Å²) >= 11 is 0. The van der Waals surface area contributed by atoms with Crippen molar-refractivity contribution in [3.05, 3.63) is 0 Å². The van der Waals surface area contributed by atoms with Crippen LogP contribution in [0.2, 0.25) is 0 Å². The lowest BCUT2D eigenvalue weighted by atomic mass is 10.3. The molecule has 0 aliphatic carbocycles. The van der Waals surface area contributed by atoms with Crippen molar-refractivity contribution in [3.63, 3.8) is 0 Å². The number of hydrogen-bond acceptors (Lipinski definition) is 4. The van der Waals surface area contributed by atoms with E-state index in [2.05, 4.69) is 0 Å². The Bertz CT molecular complexity index is 172. The maximum Gasteiger partial charge on any atom is 0.270 e. The molecule has 0 spiro atoms. The summed E-state index contributed by atoms with van der Waals surface area (Å²) in [5.41, 5.74) is 0. The van der Waals surface area contributed by atoms with Crippen molar-refractivity contribution in [2.75, 3.05) is 13.2 Å². The average Bonchev–Trinajstić information content (AvgIpc) is 1.80. The topological polar surface area (TPSA) is 94.8 Å². The van der Waals surface area contributed by atoms with Crippen LogP contribution in [0, 0.1) is 0 Å². The molecule has 10 heavy (non-hydrogen) atoms. The third-order valence-electron chi connectivity index (χ3n) is 1.08. The van der Waals surface area contributed by atoms with Gasteiger partial charge in [-0.1, -0.05) is 0 Å². The third-order valence-corrected chi connectivity index (χ3v) is 2.30. The first-order valence-corrected chi connectivity index (χ1v) is 4.20. The van der Waals surface area contributed by atoms with Gasteiger partial charge in [0.2, 0.25) is 0 Å². The van der Waals surface area contributed by atoms with E-state index in [9.17, 15) is 8.42 Å². The van der Waals surface area contributed by atoms with E-state index in [1.807, 2.05) is 0 Å². The van der Waals surface area contributed by atoms with E-state index in [-0.39, 0.29) is 13.0 Å². The van der Waals surface area contributed by atoms with Crippen LogP contribution in [-0.4, -0.2) is 41.6 Å². The predicted octanol–water partition coefficient (Wildman–Crippen LogP) is -1.38. The molecule has 0 aromatic heterocycles. The predicted molar refractivity (Wildman–Crippen MR) is 34.1 cm³/mol. The molecular weight excluding hydrogens is 160 g/mol. The molecule has 1 atom stereocenters. The number of rotatable bonds is 4. The van der Waals surface area contributed by atoms with Crippen LogP contribution in [0.5, 0.6) is 0 Å². The van der Waals surface area contributed by atoms with Gasteiger partial charge in [-0.05, 0) is 6.42 Å². The highest BCUT2D eigenvalue weighted by Gasteiger charge is 2.20. The smallest absolute Gasteiger partial charge is 0.270 e. The Morgan fingerprint density at radius 3 is 1.90 bits per heavy atom. The van der Waals surface area contributed by atoms with Crippen molar-refractivity contribution < 1.29 is 23.2 Å². The lowest BCUT2D eigenvalue weighted by Crippen LogP contribution is -2.25. The molecule has 62 valence electrons. The van der Waals surface area contributed by atoms with Crippen molar-refractivity contribution in [1.29, 1.82) is 0 Å². The molecule has 0 aromatic carbocycles. The van der Waals surface area contributed by atoms with Crippen molar-refractivity contribution in [1.82, 2.24) is 0 Å². The van der Waals surface area contributed by atoms with Crippen LogP contribution in [0.1, 0.15) is 6.42 Å². The lowest BCUT2D eigenvalue weighted by molar-refractivity contribution is 0.238. The zero-order valence-electron chi connectivity index (χ0n) is 5.27. The monoisotopic (exact) mass is 170 g/mol. The first-order chi connectivity index (χ1) is 4.52. The SMILES string of the molecule is O=S(=O)(O)C(CO)CCO. The summed E-state index contributed by atoms with van der Waals surface area (Å²) in [5, 5.41) is 15.3. The minimum absolute atomic E-state index is 0.144. The second kappa shape index (κ2) is 3.87. The highest BCUT2D eigenvalue weighted by atomic mass is 32.2. The van der Waals surface area contributed by atoms with E-state index < -0.39 is 22.0 Å². The number of hydrogen-bond donors (Lipinski definition) is 3. The zero-order chi connectivity index (χ0) is 8.20. The Morgan fingerprint density at radius 2 is 1.80 bits per heavy atom. The lowest BCUT2D eigenvalue weighted by Gasteiger charge is -2.06. The second-order valence-electron chi connectivity index (χ2n) is 1.83. The summed E-state index contributed by atoms with van der Waals surface area (Å²) in [6.45, 7) is -1.04. The summed E-state index contributed by atoms with van der Waals surface area (Å²) < 4.78 is 28.8. The van der Waals surface area contributed by atoms with Crippen LogP contribution < -0.4 is 0 Å². The molecule has 0 aliphatic heterocycles. The van der Waals surface area contributed by atoms with Gasteiger partial charge in [0, 0.05) is 6.61 Å². The molecular formula is C4H10O5S. The van der Waals surface area contributed by atoms with Gasteiger partial charge in [0.15, 0.2) is 0 Å². The quantitative estimate of drug-likeness (QED) is 0.452. The Labute approximate surface area is 59.1 Å². The summed E-state index contributed by atoms with van der Waals surface area (Å²) in [6, 6.07) is 0. The summed E-state index contributed by atoms with van der Waals surface area (Å²) in [7, 11) is -4.19. The Morgan fingerprint density at radius 1 is 1.30 bits per heavy atom. The van der Waals surface area contributed by atoms with Gasteiger partial charge in [-0.3, -0.25) is 4.55 Å². The highest BCUT2D eigenvalue weighted by molar-refractivity contribution is 7.86. The molecule has 0 heterocycles. The van der Waals surface area contributed by atoms with Gasteiger partial charge in [-0.15, -0.1) is 0 Å². The third kappa shape index (κ3) is 3.11. The fourth-order valence-corrected chi connectivity index (χ4v) is 1.07. The van der Waals surface area contributed by atoms with Gasteiger partial charge in [0.05, 0.1) is 6.61 Å². The molecule has 0 fully saturated rings. The Hall–Kier alpha value is -0.170. The van der Waals surface area contributed by atoms with E-state index in [0.29, 0.717) is 0 Å². The molecule has 0 saturated carbocycles. The molecule has 0 saturated heterocycles. The minimum atomic E-state index is -4.19. The highest BCUT2D eigenvalue weighted by Crippen LogP contribution is 2.01. The van der Waals surface area contributed by atoms with E-state index >= 15 is 0 Å². The first kappa shape index (κ1) is 9.83. The van der Waals surface area contributed by atoms with Gasteiger partial charge in [0.25, 0.3) is 10.1 Å². The summed E-state index contributed by atoms with van der Waals surface area (Å²) in [5.74, 6) is 0. The molecule has 0 radical (unpaired) electrons. The van der Waals surface area contributed by atoms with Crippen molar-refractivity contribution in [2.45, 2.75) is 11.7 Å². The minimum Gasteiger partial charge on any atom is -0.396 e. The van der Waals surface area contributed by atoms with Crippen LogP contribution in [-0.2, 0) is 10.1 Å². The standard InChI is InChI=1S/C4H10O5S/c5-2-1-4(3-6)10(7,8)9/h4-6H,1-3H2,(H,7,8,9). The maximum atomic E-state index is 10.2. The van der Waals surface area contributed by atoms with Crippen LogP contribution >= 0.6 is 0 Å². The zero-order valence-corrected chi connectivity index (χ0v) is 6.08. The van der Waals surface area contributed by atoms with E-state index in [4.69, 9.17) is 14.8 Å². The van der Waals surface area contributed by atoms with E-state index in [0.717, 1.165) is 0 Å². The van der Waals surface area contributed by atoms with Crippen LogP contribution in [0.4, 0.5) is 0 Å². The molecule has 0 aromatic rings. The van der Waals surface area contributed by atoms with Gasteiger partial charge in [-0.25, -0.2) is 0 Å². The van der Waals surface area contributed by atoms with E-state index in [1.54, 1.807) is 0 Å². The van der Waals surface area contributed by atoms with Crippen LogP contribution in [0.25, 0.3) is 0 Å². The van der Waals surface area contributed by atoms with Crippen molar-refractivity contribution in [3.8, 4) is 0 Å². The molecule has 0 rings (SSSR count). The van der Waals surface area contributed by atoms with Crippen molar-refractivity contribution >= 4 is 10.1 Å². The maximum absolute atomic E-state index is 10.2. The van der Waals surface area contributed by atoms with Gasteiger partial charge in [0.1, 0.15) is 5.25 Å². The molecule has 3 N–H and O–H groups in total. The van der Waals surface area contributed by atoms with Crippen molar-refractivity contribution in [2.24, 2.45) is 0 Å². The van der Waals surface area contributed by atoms with Crippen LogP contribution in [0.3, 0.4) is 0 Å². The normalized spacial score (nSPS) is 15.1. The van der Waals surface area contributed by atoms with Crippen LogP contribution in [0.15, 0.2) is 0 Å². The average molecular weight is 170 g/mol. The molecule has 1 unspecified atom stereocenters. The van der Waals surface area contributed by atoms with Gasteiger partial charge < -0.3 is 10.2 Å². The van der Waals surface area contributed by atoms with Gasteiger partial charge >= 0.3 is 0 Å². The Balaban J connectivity index is 4.08. The van der Waals surface area contributed by atoms with Gasteiger partial charge in [-0.2, -0.15) is 8.42 Å². The molecule has 6 heteroatoms. The largest absolute Gasteiger partial charge is 0.396 e. The number of aliphatic hydroxyl groups excluding tert-OH is 2. The molecule has 0 aliphatic rings. The molecule has 5 nitrogen and oxygen atoms in total. The first-order valence-electron chi connectivity index (χ1n) is 2.70. The fourth-order valence-electron chi connectivity index (χ4n) is 0.478. The second-order valence-corrected chi connectivity index (χ2v) is 3.53. The molecule has 0 amide bonds. The Kier molecular flexibility index (Phi) is 3.80. The summed E-state index contributed by atoms with van der Waals surface area (Å²) in [6.07, 6.45) is -0.144. The molecule has 0 bridgehead atoms. The number of aliphatic hydroxyl groups is 2. The fraction of sp³-hybridized carbons (Fsp3) is 1.00. The summed E-state index contributed by atoms with van der Waals surface area (Å²) in [4.78, 5) is 0. The van der Waals surface area contributed by atoms with E-state index in [1.165, 1.54) is 0 Å².